The Morgan fingerprint density at radius 2 is 1.76 bits per heavy atom. The minimum Gasteiger partial charge on any atom is -0.387 e. The number of hydrogen-bond donors (Lipinski definition) is 1. The Kier molecular flexibility index (Phi) is 3.69. The van der Waals surface area contributed by atoms with Crippen LogP contribution in [0.3, 0.4) is 0 Å². The standard InChI is InChI=1S/C13H20O3S/c1-9-6-7-10(2)11(8-9)12(14)13(3,4)17(5,15)16/h6-8,12,14H,1-5H3. The van der Waals surface area contributed by atoms with E-state index < -0.39 is 20.7 Å². The molecule has 0 fully saturated rings. The number of aliphatic hydroxyl groups is 1. The molecule has 0 aliphatic heterocycles. The molecule has 1 aromatic carbocycles. The van der Waals surface area contributed by atoms with Crippen LogP contribution in [-0.2, 0) is 9.84 Å². The van der Waals surface area contributed by atoms with Gasteiger partial charge < -0.3 is 5.11 Å². The summed E-state index contributed by atoms with van der Waals surface area (Å²) in [6, 6.07) is 5.68. The van der Waals surface area contributed by atoms with E-state index in [1.54, 1.807) is 13.8 Å². The van der Waals surface area contributed by atoms with Crippen molar-refractivity contribution in [2.75, 3.05) is 6.26 Å². The van der Waals surface area contributed by atoms with Gasteiger partial charge in [-0.2, -0.15) is 0 Å². The van der Waals surface area contributed by atoms with Gasteiger partial charge in [0.05, 0.1) is 10.9 Å². The van der Waals surface area contributed by atoms with Crippen molar-refractivity contribution >= 4 is 9.84 Å². The largest absolute Gasteiger partial charge is 0.387 e. The van der Waals surface area contributed by atoms with Crippen molar-refractivity contribution in [2.45, 2.75) is 38.5 Å². The van der Waals surface area contributed by atoms with Crippen molar-refractivity contribution in [3.8, 4) is 0 Å². The van der Waals surface area contributed by atoms with Crippen LogP contribution in [0.4, 0.5) is 0 Å². The van der Waals surface area contributed by atoms with Crippen molar-refractivity contribution in [2.24, 2.45) is 0 Å². The lowest BCUT2D eigenvalue weighted by atomic mass is 9.93. The molecule has 0 amide bonds. The van der Waals surface area contributed by atoms with Gasteiger partial charge in [0.25, 0.3) is 0 Å². The zero-order chi connectivity index (χ0) is 13.4. The lowest BCUT2D eigenvalue weighted by molar-refractivity contribution is 0.139. The Labute approximate surface area is 103 Å². The monoisotopic (exact) mass is 256 g/mol. The van der Waals surface area contributed by atoms with Crippen LogP contribution in [0.15, 0.2) is 18.2 Å². The van der Waals surface area contributed by atoms with Gasteiger partial charge in [-0.3, -0.25) is 0 Å². The normalized spacial score (nSPS) is 14.7. The molecule has 17 heavy (non-hydrogen) atoms. The SMILES string of the molecule is Cc1ccc(C)c(C(O)C(C)(C)S(C)(=O)=O)c1. The fourth-order valence-corrected chi connectivity index (χ4v) is 2.16. The Hall–Kier alpha value is -0.870. The summed E-state index contributed by atoms with van der Waals surface area (Å²) >= 11 is 0. The van der Waals surface area contributed by atoms with Crippen LogP contribution >= 0.6 is 0 Å². The number of aliphatic hydroxyl groups excluding tert-OH is 1. The quantitative estimate of drug-likeness (QED) is 0.901. The molecule has 1 atom stereocenters. The van der Waals surface area contributed by atoms with Crippen molar-refractivity contribution in [1.29, 1.82) is 0 Å². The average Bonchev–Trinajstić information content (AvgIpc) is 2.19. The summed E-state index contributed by atoms with van der Waals surface area (Å²) < 4.78 is 22.2. The fraction of sp³-hybridized carbons (Fsp3) is 0.538. The third-order valence-electron chi connectivity index (χ3n) is 3.34. The maximum absolute atomic E-state index is 11.7. The van der Waals surface area contributed by atoms with E-state index in [4.69, 9.17) is 0 Å². The number of rotatable bonds is 3. The second-order valence-electron chi connectivity index (χ2n) is 5.14. The summed E-state index contributed by atoms with van der Waals surface area (Å²) in [6.45, 7) is 6.89. The van der Waals surface area contributed by atoms with Crippen LogP contribution in [0, 0.1) is 13.8 Å². The minimum atomic E-state index is -3.33. The summed E-state index contributed by atoms with van der Waals surface area (Å²) in [6.07, 6.45) is 0.138. The highest BCUT2D eigenvalue weighted by Gasteiger charge is 2.39. The highest BCUT2D eigenvalue weighted by molar-refractivity contribution is 7.92. The molecular formula is C13H20O3S. The number of benzene rings is 1. The zero-order valence-electron chi connectivity index (χ0n) is 11.0. The molecule has 0 heterocycles. The molecule has 1 N–H and O–H groups in total. The smallest absolute Gasteiger partial charge is 0.155 e. The molecule has 3 nitrogen and oxygen atoms in total. The molecule has 4 heteroatoms. The van der Waals surface area contributed by atoms with E-state index in [0.29, 0.717) is 5.56 Å². The minimum absolute atomic E-state index is 0.681. The Morgan fingerprint density at radius 3 is 2.24 bits per heavy atom. The highest BCUT2D eigenvalue weighted by Crippen LogP contribution is 2.33. The Balaban J connectivity index is 3.30. The highest BCUT2D eigenvalue weighted by atomic mass is 32.2. The van der Waals surface area contributed by atoms with Gasteiger partial charge >= 0.3 is 0 Å². The van der Waals surface area contributed by atoms with E-state index in [1.807, 2.05) is 32.0 Å². The van der Waals surface area contributed by atoms with Gasteiger partial charge in [-0.05, 0) is 38.8 Å². The van der Waals surface area contributed by atoms with E-state index >= 15 is 0 Å². The summed E-state index contributed by atoms with van der Waals surface area (Å²) in [5.41, 5.74) is 2.59. The second-order valence-corrected chi connectivity index (χ2v) is 7.73. The van der Waals surface area contributed by atoms with Crippen molar-refractivity contribution in [3.05, 3.63) is 34.9 Å². The maximum atomic E-state index is 11.7. The number of sulfone groups is 1. The van der Waals surface area contributed by atoms with E-state index in [-0.39, 0.29) is 0 Å². The Morgan fingerprint density at radius 1 is 1.24 bits per heavy atom. The van der Waals surface area contributed by atoms with Crippen LogP contribution in [0.2, 0.25) is 0 Å². The summed E-state index contributed by atoms with van der Waals surface area (Å²) in [5, 5.41) is 10.3. The molecule has 0 aliphatic carbocycles. The molecule has 96 valence electrons. The van der Waals surface area contributed by atoms with Gasteiger partial charge in [0.1, 0.15) is 0 Å². The molecule has 1 rings (SSSR count). The maximum Gasteiger partial charge on any atom is 0.155 e. The van der Waals surface area contributed by atoms with Gasteiger partial charge in [-0.25, -0.2) is 8.42 Å². The van der Waals surface area contributed by atoms with Crippen LogP contribution in [0.25, 0.3) is 0 Å². The number of hydrogen-bond acceptors (Lipinski definition) is 3. The van der Waals surface area contributed by atoms with Crippen molar-refractivity contribution in [1.82, 2.24) is 0 Å². The molecule has 0 saturated heterocycles. The predicted molar refractivity (Wildman–Crippen MR) is 69.8 cm³/mol. The third kappa shape index (κ3) is 2.69. The first-order valence-electron chi connectivity index (χ1n) is 5.52. The van der Waals surface area contributed by atoms with E-state index in [1.165, 1.54) is 0 Å². The molecule has 0 spiro atoms. The number of aryl methyl sites for hydroxylation is 2. The Bertz CT molecular complexity index is 515. The molecule has 1 aromatic rings. The summed E-state index contributed by atoms with van der Waals surface area (Å²) in [4.78, 5) is 0. The molecule has 0 bridgehead atoms. The van der Waals surface area contributed by atoms with Gasteiger partial charge in [-0.15, -0.1) is 0 Å². The van der Waals surface area contributed by atoms with E-state index in [9.17, 15) is 13.5 Å². The van der Waals surface area contributed by atoms with Gasteiger partial charge in [0.15, 0.2) is 9.84 Å². The second kappa shape index (κ2) is 4.42. The molecular weight excluding hydrogens is 236 g/mol. The first kappa shape index (κ1) is 14.2. The van der Waals surface area contributed by atoms with E-state index in [0.717, 1.165) is 17.4 Å². The van der Waals surface area contributed by atoms with Gasteiger partial charge in [0.2, 0.25) is 0 Å². The van der Waals surface area contributed by atoms with Crippen molar-refractivity contribution in [3.63, 3.8) is 0 Å². The topological polar surface area (TPSA) is 54.4 Å². The van der Waals surface area contributed by atoms with Crippen LogP contribution in [0.1, 0.15) is 36.6 Å². The van der Waals surface area contributed by atoms with Crippen LogP contribution < -0.4 is 0 Å². The first-order chi connectivity index (χ1) is 7.57. The third-order valence-corrected chi connectivity index (χ3v) is 5.48. The van der Waals surface area contributed by atoms with Crippen LogP contribution in [0.5, 0.6) is 0 Å². The zero-order valence-corrected chi connectivity index (χ0v) is 11.8. The molecule has 0 radical (unpaired) electrons. The molecule has 0 saturated carbocycles. The molecule has 0 aliphatic rings. The lowest BCUT2D eigenvalue weighted by Gasteiger charge is -2.30. The van der Waals surface area contributed by atoms with E-state index in [2.05, 4.69) is 0 Å². The summed E-state index contributed by atoms with van der Waals surface area (Å²) in [7, 11) is -3.33. The average molecular weight is 256 g/mol. The lowest BCUT2D eigenvalue weighted by Crippen LogP contribution is -2.38. The fourth-order valence-electron chi connectivity index (χ4n) is 1.63. The van der Waals surface area contributed by atoms with Gasteiger partial charge in [0, 0.05) is 6.26 Å². The van der Waals surface area contributed by atoms with Gasteiger partial charge in [-0.1, -0.05) is 23.8 Å². The molecule has 1 unspecified atom stereocenters. The summed E-state index contributed by atoms with van der Waals surface area (Å²) in [5.74, 6) is 0. The first-order valence-corrected chi connectivity index (χ1v) is 7.41. The van der Waals surface area contributed by atoms with Crippen LogP contribution in [-0.4, -0.2) is 24.5 Å². The predicted octanol–water partition coefficient (Wildman–Crippen LogP) is 2.16. The molecule has 0 aromatic heterocycles. The van der Waals surface area contributed by atoms with Crippen molar-refractivity contribution < 1.29 is 13.5 Å².